The molecule has 1 heterocycles. The molecule has 4 nitrogen and oxygen atoms in total. The summed E-state index contributed by atoms with van der Waals surface area (Å²) in [6.45, 7) is 2.88. The second kappa shape index (κ2) is 4.87. The molecule has 0 unspecified atom stereocenters. The number of benzene rings is 1. The van der Waals surface area contributed by atoms with Crippen LogP contribution in [0.3, 0.4) is 0 Å². The van der Waals surface area contributed by atoms with E-state index in [-0.39, 0.29) is 11.5 Å². The molecule has 92 valence electrons. The minimum Gasteiger partial charge on any atom is -0.507 e. The van der Waals surface area contributed by atoms with Gasteiger partial charge in [0.1, 0.15) is 5.75 Å². The Balaban J connectivity index is 2.20. The van der Waals surface area contributed by atoms with Crippen LogP contribution in [0, 0.1) is 0 Å². The van der Waals surface area contributed by atoms with Gasteiger partial charge < -0.3 is 10.0 Å². The number of ketones is 1. The van der Waals surface area contributed by atoms with Crippen LogP contribution in [-0.4, -0.2) is 39.7 Å². The van der Waals surface area contributed by atoms with Crippen molar-refractivity contribution in [3.63, 3.8) is 0 Å². The number of rotatable bonds is 2. The number of phenols is 1. The third kappa shape index (κ3) is 2.66. The highest BCUT2D eigenvalue weighted by atomic mass is 32.2. The lowest BCUT2D eigenvalue weighted by molar-refractivity contribution is 0.101. The minimum absolute atomic E-state index is 0.0155. The number of carbonyl (C=O) groups is 1. The van der Waals surface area contributed by atoms with E-state index in [1.54, 1.807) is 12.1 Å². The maximum absolute atomic E-state index is 11.2. The van der Waals surface area contributed by atoms with Crippen LogP contribution >= 0.6 is 0 Å². The smallest absolute Gasteiger partial charge is 0.163 e. The molecule has 17 heavy (non-hydrogen) atoms. The summed E-state index contributed by atoms with van der Waals surface area (Å²) in [4.78, 5) is 13.3. The van der Waals surface area contributed by atoms with Gasteiger partial charge in [-0.1, -0.05) is 0 Å². The van der Waals surface area contributed by atoms with Gasteiger partial charge in [-0.2, -0.15) is 0 Å². The van der Waals surface area contributed by atoms with E-state index >= 15 is 0 Å². The molecule has 0 aliphatic carbocycles. The SMILES string of the molecule is CC(=O)c1ccc(N2CCS(=O)CC2)cc1O. The molecule has 1 aliphatic heterocycles. The Morgan fingerprint density at radius 1 is 1.35 bits per heavy atom. The van der Waals surface area contributed by atoms with Gasteiger partial charge in [0.25, 0.3) is 0 Å². The van der Waals surface area contributed by atoms with E-state index in [9.17, 15) is 14.1 Å². The molecule has 0 bridgehead atoms. The van der Waals surface area contributed by atoms with E-state index in [0.29, 0.717) is 17.1 Å². The summed E-state index contributed by atoms with van der Waals surface area (Å²) in [6.07, 6.45) is 0. The van der Waals surface area contributed by atoms with Crippen molar-refractivity contribution in [3.05, 3.63) is 23.8 Å². The molecular formula is C12H15NO3S. The zero-order chi connectivity index (χ0) is 12.4. The van der Waals surface area contributed by atoms with E-state index in [2.05, 4.69) is 4.90 Å². The van der Waals surface area contributed by atoms with Crippen molar-refractivity contribution in [2.45, 2.75) is 6.92 Å². The van der Waals surface area contributed by atoms with Crippen molar-refractivity contribution >= 4 is 22.3 Å². The summed E-state index contributed by atoms with van der Waals surface area (Å²) in [5, 5.41) is 9.74. The fourth-order valence-electron chi connectivity index (χ4n) is 1.91. The van der Waals surface area contributed by atoms with Crippen LogP contribution in [0.1, 0.15) is 17.3 Å². The maximum atomic E-state index is 11.2. The molecule has 0 spiro atoms. The zero-order valence-corrected chi connectivity index (χ0v) is 10.5. The van der Waals surface area contributed by atoms with Crippen molar-refractivity contribution in [1.82, 2.24) is 0 Å². The average Bonchev–Trinajstić information content (AvgIpc) is 2.29. The van der Waals surface area contributed by atoms with Crippen LogP contribution in [0.5, 0.6) is 5.75 Å². The van der Waals surface area contributed by atoms with E-state index < -0.39 is 10.8 Å². The quantitative estimate of drug-likeness (QED) is 0.804. The van der Waals surface area contributed by atoms with Crippen molar-refractivity contribution in [1.29, 1.82) is 0 Å². The third-order valence-corrected chi connectivity index (χ3v) is 4.18. The van der Waals surface area contributed by atoms with Crippen LogP contribution in [-0.2, 0) is 10.8 Å². The topological polar surface area (TPSA) is 57.6 Å². The van der Waals surface area contributed by atoms with E-state index in [1.165, 1.54) is 6.92 Å². The van der Waals surface area contributed by atoms with E-state index in [1.807, 2.05) is 6.07 Å². The minimum atomic E-state index is -0.710. The van der Waals surface area contributed by atoms with Gasteiger partial charge >= 0.3 is 0 Å². The zero-order valence-electron chi connectivity index (χ0n) is 9.68. The molecule has 1 aliphatic rings. The Bertz CT molecular complexity index is 463. The molecule has 2 rings (SSSR count). The largest absolute Gasteiger partial charge is 0.507 e. The predicted octanol–water partition coefficient (Wildman–Crippen LogP) is 1.16. The molecule has 5 heteroatoms. The Kier molecular flexibility index (Phi) is 3.47. The normalized spacial score (nSPS) is 17.1. The number of hydrogen-bond donors (Lipinski definition) is 1. The number of nitrogens with zero attached hydrogens (tertiary/aromatic N) is 1. The van der Waals surface area contributed by atoms with Crippen LogP contribution in [0.25, 0.3) is 0 Å². The Morgan fingerprint density at radius 2 is 2.00 bits per heavy atom. The summed E-state index contributed by atoms with van der Waals surface area (Å²) in [6, 6.07) is 5.06. The third-order valence-electron chi connectivity index (χ3n) is 2.90. The molecule has 0 atom stereocenters. The van der Waals surface area contributed by atoms with Gasteiger partial charge in [0, 0.05) is 47.1 Å². The van der Waals surface area contributed by atoms with E-state index in [4.69, 9.17) is 0 Å². The van der Waals surface area contributed by atoms with Gasteiger partial charge in [-0.3, -0.25) is 9.00 Å². The van der Waals surface area contributed by atoms with E-state index in [0.717, 1.165) is 18.8 Å². The molecule has 1 N–H and O–H groups in total. The first-order valence-corrected chi connectivity index (χ1v) is 7.00. The van der Waals surface area contributed by atoms with Gasteiger partial charge in [-0.15, -0.1) is 0 Å². The number of phenolic OH excluding ortho intramolecular Hbond substituents is 1. The van der Waals surface area contributed by atoms with Crippen LogP contribution in [0.4, 0.5) is 5.69 Å². The summed E-state index contributed by atoms with van der Waals surface area (Å²) in [5.74, 6) is 1.19. The van der Waals surface area contributed by atoms with Crippen molar-refractivity contribution < 1.29 is 14.1 Å². The molecular weight excluding hydrogens is 238 g/mol. The summed E-state index contributed by atoms with van der Waals surface area (Å²) in [5.41, 5.74) is 1.22. The highest BCUT2D eigenvalue weighted by Crippen LogP contribution is 2.25. The highest BCUT2D eigenvalue weighted by molar-refractivity contribution is 7.85. The first-order valence-electron chi connectivity index (χ1n) is 5.52. The van der Waals surface area contributed by atoms with Crippen LogP contribution in [0.2, 0.25) is 0 Å². The van der Waals surface area contributed by atoms with Crippen molar-refractivity contribution in [2.75, 3.05) is 29.5 Å². The molecule has 0 saturated carbocycles. The summed E-state index contributed by atoms with van der Waals surface area (Å²) in [7, 11) is -0.710. The fraction of sp³-hybridized carbons (Fsp3) is 0.417. The lowest BCUT2D eigenvalue weighted by Gasteiger charge is -2.28. The maximum Gasteiger partial charge on any atom is 0.163 e. The average molecular weight is 253 g/mol. The monoisotopic (exact) mass is 253 g/mol. The van der Waals surface area contributed by atoms with Gasteiger partial charge in [0.05, 0.1) is 5.56 Å². The number of aromatic hydroxyl groups is 1. The molecule has 0 aromatic heterocycles. The standard InChI is InChI=1S/C12H15NO3S/c1-9(14)11-3-2-10(8-12(11)15)13-4-6-17(16)7-5-13/h2-3,8,15H,4-7H2,1H3. The van der Waals surface area contributed by atoms with Gasteiger partial charge in [-0.25, -0.2) is 0 Å². The van der Waals surface area contributed by atoms with Crippen LogP contribution in [0.15, 0.2) is 18.2 Å². The Hall–Kier alpha value is -1.36. The lowest BCUT2D eigenvalue weighted by atomic mass is 10.1. The second-order valence-corrected chi connectivity index (χ2v) is 5.79. The number of Topliss-reactive ketones (excluding diaryl/α,β-unsaturated/α-hetero) is 1. The number of carbonyl (C=O) groups excluding carboxylic acids is 1. The van der Waals surface area contributed by atoms with Gasteiger partial charge in [0.2, 0.25) is 0 Å². The first-order chi connectivity index (χ1) is 8.08. The molecule has 0 amide bonds. The Morgan fingerprint density at radius 3 is 2.53 bits per heavy atom. The molecule has 0 radical (unpaired) electrons. The van der Waals surface area contributed by atoms with Gasteiger partial charge in [-0.05, 0) is 19.1 Å². The van der Waals surface area contributed by atoms with Crippen molar-refractivity contribution in [3.8, 4) is 5.75 Å². The Labute approximate surface area is 103 Å². The summed E-state index contributed by atoms with van der Waals surface area (Å²) >= 11 is 0. The van der Waals surface area contributed by atoms with Crippen LogP contribution < -0.4 is 4.90 Å². The molecule has 1 saturated heterocycles. The lowest BCUT2D eigenvalue weighted by Crippen LogP contribution is -2.37. The number of anilines is 1. The number of hydrogen-bond acceptors (Lipinski definition) is 4. The second-order valence-electron chi connectivity index (χ2n) is 4.09. The molecule has 1 aromatic carbocycles. The fourth-order valence-corrected chi connectivity index (χ4v) is 2.96. The predicted molar refractivity (Wildman–Crippen MR) is 68.2 cm³/mol. The first kappa shape index (κ1) is 12.1. The molecule has 1 aromatic rings. The summed E-state index contributed by atoms with van der Waals surface area (Å²) < 4.78 is 11.2. The highest BCUT2D eigenvalue weighted by Gasteiger charge is 2.17. The van der Waals surface area contributed by atoms with Crippen molar-refractivity contribution in [2.24, 2.45) is 0 Å². The van der Waals surface area contributed by atoms with Gasteiger partial charge in [0.15, 0.2) is 5.78 Å². The molecule has 1 fully saturated rings.